The molecule has 7 heteroatoms. The molecule has 2 heterocycles. The predicted molar refractivity (Wildman–Crippen MR) is 75.6 cm³/mol. The number of rotatable bonds is 3. The molecule has 0 aliphatic heterocycles. The first-order chi connectivity index (χ1) is 10.1. The molecule has 112 valence electrons. The molecule has 0 saturated carbocycles. The molecule has 0 fully saturated rings. The Morgan fingerprint density at radius 2 is 2.19 bits per heavy atom. The lowest BCUT2D eigenvalue weighted by molar-refractivity contribution is 0.0593. The number of carbonyl (C=O) groups is 1. The van der Waals surface area contributed by atoms with Gasteiger partial charge in [0.1, 0.15) is 11.5 Å². The average Bonchev–Trinajstić information content (AvgIpc) is 3.03. The van der Waals surface area contributed by atoms with E-state index >= 15 is 0 Å². The molecule has 0 amide bonds. The van der Waals surface area contributed by atoms with Gasteiger partial charge in [-0.2, -0.15) is 5.10 Å². The normalized spacial score (nSPS) is 14.0. The molecule has 0 saturated heterocycles. The topological polar surface area (TPSA) is 70.2 Å². The van der Waals surface area contributed by atoms with E-state index in [4.69, 9.17) is 16.1 Å². The zero-order chi connectivity index (χ0) is 15.0. The number of halogens is 1. The third kappa shape index (κ3) is 2.44. The van der Waals surface area contributed by atoms with Crippen molar-refractivity contribution in [3.8, 4) is 0 Å². The van der Waals surface area contributed by atoms with Crippen molar-refractivity contribution in [2.24, 2.45) is 0 Å². The highest BCUT2D eigenvalue weighted by Crippen LogP contribution is 2.26. The number of nitrogens with zero attached hydrogens (tertiary/aromatic N) is 3. The lowest BCUT2D eigenvalue weighted by Gasteiger charge is -2.09. The maximum atomic E-state index is 11.6. The first kappa shape index (κ1) is 14.1. The molecular formula is C14H16ClN3O3. The number of fused-ring (bicyclic) bond motifs is 1. The van der Waals surface area contributed by atoms with Crippen molar-refractivity contribution in [1.29, 1.82) is 0 Å². The van der Waals surface area contributed by atoms with Crippen LogP contribution in [0.2, 0.25) is 5.02 Å². The minimum atomic E-state index is -0.538. The number of esters is 1. The van der Waals surface area contributed by atoms with Crippen LogP contribution in [0.5, 0.6) is 0 Å². The second-order valence-electron chi connectivity index (χ2n) is 5.14. The number of carbonyl (C=O) groups excluding carboxylic acids is 1. The highest BCUT2D eigenvalue weighted by Gasteiger charge is 2.23. The number of hydrogen-bond acceptors (Lipinski definition) is 5. The van der Waals surface area contributed by atoms with E-state index in [-0.39, 0.29) is 5.69 Å². The summed E-state index contributed by atoms with van der Waals surface area (Å²) in [4.78, 5) is 11.6. The zero-order valence-corrected chi connectivity index (χ0v) is 12.7. The monoisotopic (exact) mass is 309 g/mol. The Morgan fingerprint density at radius 3 is 2.95 bits per heavy atom. The number of aromatic nitrogens is 3. The van der Waals surface area contributed by atoms with Crippen molar-refractivity contribution in [3.63, 3.8) is 0 Å². The fourth-order valence-electron chi connectivity index (χ4n) is 2.62. The minimum Gasteiger partial charge on any atom is -0.464 e. The van der Waals surface area contributed by atoms with E-state index in [0.29, 0.717) is 17.3 Å². The van der Waals surface area contributed by atoms with Gasteiger partial charge in [0.25, 0.3) is 0 Å². The van der Waals surface area contributed by atoms with Crippen LogP contribution < -0.4 is 0 Å². The van der Waals surface area contributed by atoms with E-state index in [1.807, 2.05) is 6.92 Å². The Morgan fingerprint density at radius 1 is 1.43 bits per heavy atom. The van der Waals surface area contributed by atoms with Crippen LogP contribution in [0.3, 0.4) is 0 Å². The summed E-state index contributed by atoms with van der Waals surface area (Å²) in [5, 5.41) is 8.69. The largest absolute Gasteiger partial charge is 0.464 e. The zero-order valence-electron chi connectivity index (χ0n) is 12.0. The van der Waals surface area contributed by atoms with E-state index in [1.54, 1.807) is 4.68 Å². The summed E-state index contributed by atoms with van der Waals surface area (Å²) >= 11 is 6.14. The van der Waals surface area contributed by atoms with Gasteiger partial charge >= 0.3 is 5.97 Å². The Kier molecular flexibility index (Phi) is 3.71. The Labute approximate surface area is 127 Å². The summed E-state index contributed by atoms with van der Waals surface area (Å²) < 4.78 is 11.7. The van der Waals surface area contributed by atoms with Crippen LogP contribution in [0.25, 0.3) is 0 Å². The third-order valence-corrected chi connectivity index (χ3v) is 4.30. The fourth-order valence-corrected chi connectivity index (χ4v) is 2.83. The van der Waals surface area contributed by atoms with Crippen LogP contribution >= 0.6 is 11.6 Å². The molecular weight excluding hydrogens is 294 g/mol. The minimum absolute atomic E-state index is 0.133. The highest BCUT2D eigenvalue weighted by molar-refractivity contribution is 6.33. The number of methoxy groups -OCH3 is 1. The van der Waals surface area contributed by atoms with E-state index in [2.05, 4.69) is 15.0 Å². The smallest absolute Gasteiger partial charge is 0.360 e. The molecule has 21 heavy (non-hydrogen) atoms. The molecule has 1 aliphatic carbocycles. The first-order valence-corrected chi connectivity index (χ1v) is 7.27. The van der Waals surface area contributed by atoms with Crippen LogP contribution in [0.4, 0.5) is 0 Å². The summed E-state index contributed by atoms with van der Waals surface area (Å²) in [5.74, 6) is 0.435. The molecule has 0 spiro atoms. The third-order valence-electron chi connectivity index (χ3n) is 3.84. The summed E-state index contributed by atoms with van der Waals surface area (Å²) in [7, 11) is 1.31. The molecule has 3 rings (SSSR count). The maximum absolute atomic E-state index is 11.6. The van der Waals surface area contributed by atoms with Crippen molar-refractivity contribution >= 4 is 17.6 Å². The van der Waals surface area contributed by atoms with Crippen molar-refractivity contribution in [2.75, 3.05) is 7.11 Å². The second-order valence-corrected chi connectivity index (χ2v) is 5.51. The van der Waals surface area contributed by atoms with Crippen LogP contribution in [0.1, 0.15) is 46.0 Å². The van der Waals surface area contributed by atoms with Gasteiger partial charge in [0.2, 0.25) is 0 Å². The molecule has 0 unspecified atom stereocenters. The van der Waals surface area contributed by atoms with Gasteiger partial charge in [-0.1, -0.05) is 16.8 Å². The SMILES string of the molecule is COC(=O)c1nn(Cc2noc3c2CCCC3)c(C)c1Cl. The highest BCUT2D eigenvalue weighted by atomic mass is 35.5. The van der Waals surface area contributed by atoms with Gasteiger partial charge in [0.15, 0.2) is 5.69 Å². The van der Waals surface area contributed by atoms with Gasteiger partial charge in [-0.05, 0) is 26.2 Å². The molecule has 2 aromatic heterocycles. The first-order valence-electron chi connectivity index (χ1n) is 6.89. The maximum Gasteiger partial charge on any atom is 0.360 e. The van der Waals surface area contributed by atoms with Gasteiger partial charge in [-0.15, -0.1) is 0 Å². The molecule has 0 atom stereocenters. The Bertz CT molecular complexity index is 690. The van der Waals surface area contributed by atoms with Gasteiger partial charge in [0, 0.05) is 12.0 Å². The van der Waals surface area contributed by atoms with Crippen molar-refractivity contribution in [3.05, 3.63) is 33.4 Å². The fraction of sp³-hybridized carbons (Fsp3) is 0.500. The molecule has 0 bridgehead atoms. The lowest BCUT2D eigenvalue weighted by atomic mass is 9.96. The molecule has 1 aliphatic rings. The van der Waals surface area contributed by atoms with Gasteiger partial charge < -0.3 is 9.26 Å². The van der Waals surface area contributed by atoms with Crippen LogP contribution in [0, 0.1) is 6.92 Å². The van der Waals surface area contributed by atoms with Crippen LogP contribution in [-0.2, 0) is 24.1 Å². The van der Waals surface area contributed by atoms with E-state index < -0.39 is 5.97 Å². The molecule has 6 nitrogen and oxygen atoms in total. The number of ether oxygens (including phenoxy) is 1. The molecule has 0 N–H and O–H groups in total. The van der Waals surface area contributed by atoms with Crippen molar-refractivity contribution in [2.45, 2.75) is 39.2 Å². The Hall–Kier alpha value is -1.82. The number of aryl methyl sites for hydroxylation is 1. The van der Waals surface area contributed by atoms with Crippen molar-refractivity contribution in [1.82, 2.24) is 14.9 Å². The predicted octanol–water partition coefficient (Wildman–Crippen LogP) is 2.55. The molecule has 0 radical (unpaired) electrons. The van der Waals surface area contributed by atoms with Crippen LogP contribution in [-0.4, -0.2) is 28.0 Å². The molecule has 2 aromatic rings. The number of hydrogen-bond donors (Lipinski definition) is 0. The van der Waals surface area contributed by atoms with Gasteiger partial charge in [-0.25, -0.2) is 4.79 Å². The van der Waals surface area contributed by atoms with Gasteiger partial charge in [0.05, 0.1) is 24.4 Å². The summed E-state index contributed by atoms with van der Waals surface area (Å²) in [6.45, 7) is 2.26. The van der Waals surface area contributed by atoms with Crippen LogP contribution in [0.15, 0.2) is 4.52 Å². The Balaban J connectivity index is 1.92. The van der Waals surface area contributed by atoms with Crippen molar-refractivity contribution < 1.29 is 14.1 Å². The quantitative estimate of drug-likeness (QED) is 0.815. The molecule has 0 aromatic carbocycles. The second kappa shape index (κ2) is 5.52. The average molecular weight is 310 g/mol. The van der Waals surface area contributed by atoms with E-state index in [9.17, 15) is 4.79 Å². The van der Waals surface area contributed by atoms with Gasteiger partial charge in [-0.3, -0.25) is 4.68 Å². The summed E-state index contributed by atoms with van der Waals surface area (Å²) in [6.07, 6.45) is 4.20. The van der Waals surface area contributed by atoms with E-state index in [0.717, 1.165) is 37.1 Å². The van der Waals surface area contributed by atoms with E-state index in [1.165, 1.54) is 12.7 Å². The lowest BCUT2D eigenvalue weighted by Crippen LogP contribution is -2.10. The summed E-state index contributed by atoms with van der Waals surface area (Å²) in [6, 6.07) is 0. The summed E-state index contributed by atoms with van der Waals surface area (Å²) in [5.41, 5.74) is 2.88. The standard InChI is InChI=1S/C14H16ClN3O3/c1-8-12(15)13(14(19)20-2)16-18(8)7-10-9-5-3-4-6-11(9)21-17-10/h3-7H2,1-2H3.